The molecule has 4 heteroatoms. The topological polar surface area (TPSA) is 23.6 Å². The van der Waals surface area contributed by atoms with Crippen LogP contribution in [0.15, 0.2) is 24.3 Å². The number of rotatable bonds is 5. The van der Waals surface area contributed by atoms with Gasteiger partial charge in [0.25, 0.3) is 0 Å². The molecule has 0 radical (unpaired) electrons. The minimum atomic E-state index is -0.231. The SMILES string of the molecule is CC1CCN(CC(=O)N(Cc2cccc(F)c2)C2CC2)CC1. The molecule has 0 atom stereocenters. The zero-order valence-corrected chi connectivity index (χ0v) is 13.3. The number of carbonyl (C=O) groups is 1. The van der Waals surface area contributed by atoms with Crippen molar-refractivity contribution in [3.05, 3.63) is 35.6 Å². The molecule has 1 saturated heterocycles. The van der Waals surface area contributed by atoms with Gasteiger partial charge in [0.1, 0.15) is 5.82 Å². The Bertz CT molecular complexity index is 522. The molecule has 0 spiro atoms. The third-order valence-corrected chi connectivity index (χ3v) is 4.79. The fourth-order valence-corrected chi connectivity index (χ4v) is 3.14. The fourth-order valence-electron chi connectivity index (χ4n) is 3.14. The van der Waals surface area contributed by atoms with Crippen LogP contribution in [0, 0.1) is 11.7 Å². The van der Waals surface area contributed by atoms with E-state index in [1.807, 2.05) is 11.0 Å². The summed E-state index contributed by atoms with van der Waals surface area (Å²) in [4.78, 5) is 16.9. The van der Waals surface area contributed by atoms with Crippen molar-refractivity contribution in [1.82, 2.24) is 9.80 Å². The molecule has 2 aliphatic rings. The summed E-state index contributed by atoms with van der Waals surface area (Å²) in [6.07, 6.45) is 4.53. The largest absolute Gasteiger partial charge is 0.334 e. The summed E-state index contributed by atoms with van der Waals surface area (Å²) in [6, 6.07) is 6.95. The molecule has 1 aromatic carbocycles. The zero-order valence-electron chi connectivity index (χ0n) is 13.3. The third-order valence-electron chi connectivity index (χ3n) is 4.79. The molecule has 1 aliphatic carbocycles. The number of piperidine rings is 1. The highest BCUT2D eigenvalue weighted by atomic mass is 19.1. The molecule has 1 aliphatic heterocycles. The van der Waals surface area contributed by atoms with Crippen LogP contribution in [-0.2, 0) is 11.3 Å². The van der Waals surface area contributed by atoms with Gasteiger partial charge in [-0.05, 0) is 62.4 Å². The molecule has 1 aromatic rings. The van der Waals surface area contributed by atoms with E-state index in [0.29, 0.717) is 19.1 Å². The maximum atomic E-state index is 13.3. The number of halogens is 1. The van der Waals surface area contributed by atoms with Crippen LogP contribution in [0.2, 0.25) is 0 Å². The summed E-state index contributed by atoms with van der Waals surface area (Å²) < 4.78 is 13.3. The van der Waals surface area contributed by atoms with E-state index < -0.39 is 0 Å². The molecule has 1 saturated carbocycles. The van der Waals surface area contributed by atoms with Crippen LogP contribution in [0.5, 0.6) is 0 Å². The predicted octanol–water partition coefficient (Wildman–Crippen LogP) is 3.05. The Morgan fingerprint density at radius 3 is 2.64 bits per heavy atom. The van der Waals surface area contributed by atoms with E-state index in [-0.39, 0.29) is 11.7 Å². The maximum absolute atomic E-state index is 13.3. The lowest BCUT2D eigenvalue weighted by atomic mass is 9.99. The maximum Gasteiger partial charge on any atom is 0.237 e. The number of nitrogens with zero attached hydrogens (tertiary/aromatic N) is 2. The lowest BCUT2D eigenvalue weighted by molar-refractivity contribution is -0.134. The molecule has 0 aromatic heterocycles. The molecule has 2 fully saturated rings. The Balaban J connectivity index is 1.60. The summed E-state index contributed by atoms with van der Waals surface area (Å²) in [5.74, 6) is 0.741. The third kappa shape index (κ3) is 4.07. The van der Waals surface area contributed by atoms with Crippen LogP contribution >= 0.6 is 0 Å². The lowest BCUT2D eigenvalue weighted by Crippen LogP contribution is -2.43. The van der Waals surface area contributed by atoms with Gasteiger partial charge in [-0.3, -0.25) is 9.69 Å². The van der Waals surface area contributed by atoms with Gasteiger partial charge < -0.3 is 4.90 Å². The molecular weight excluding hydrogens is 279 g/mol. The van der Waals surface area contributed by atoms with Gasteiger partial charge in [0.15, 0.2) is 0 Å². The predicted molar refractivity (Wildman–Crippen MR) is 84.8 cm³/mol. The summed E-state index contributed by atoms with van der Waals surface area (Å²) in [6.45, 7) is 5.36. The highest BCUT2D eigenvalue weighted by Crippen LogP contribution is 2.29. The second-order valence-corrected chi connectivity index (χ2v) is 6.84. The molecule has 0 unspecified atom stereocenters. The van der Waals surface area contributed by atoms with Crippen LogP contribution in [0.4, 0.5) is 4.39 Å². The number of amides is 1. The Morgan fingerprint density at radius 2 is 2.00 bits per heavy atom. The minimum absolute atomic E-state index is 0.196. The van der Waals surface area contributed by atoms with E-state index in [4.69, 9.17) is 0 Å². The number of hydrogen-bond acceptors (Lipinski definition) is 2. The molecule has 0 N–H and O–H groups in total. The fraction of sp³-hybridized carbons (Fsp3) is 0.611. The highest BCUT2D eigenvalue weighted by molar-refractivity contribution is 5.79. The summed E-state index contributed by atoms with van der Waals surface area (Å²) in [7, 11) is 0. The molecule has 0 bridgehead atoms. The van der Waals surface area contributed by atoms with Gasteiger partial charge in [0.05, 0.1) is 6.54 Å². The van der Waals surface area contributed by atoms with Gasteiger partial charge >= 0.3 is 0 Å². The van der Waals surface area contributed by atoms with Crippen molar-refractivity contribution < 1.29 is 9.18 Å². The monoisotopic (exact) mass is 304 g/mol. The van der Waals surface area contributed by atoms with E-state index in [2.05, 4.69) is 11.8 Å². The standard InChI is InChI=1S/C18H25FN2O/c1-14-7-9-20(10-8-14)13-18(22)21(17-5-6-17)12-15-3-2-4-16(19)11-15/h2-4,11,14,17H,5-10,12-13H2,1H3. The second kappa shape index (κ2) is 6.78. The Hall–Kier alpha value is -1.42. The van der Waals surface area contributed by atoms with Crippen LogP contribution in [0.1, 0.15) is 38.2 Å². The quantitative estimate of drug-likeness (QED) is 0.835. The van der Waals surface area contributed by atoms with Crippen molar-refractivity contribution in [1.29, 1.82) is 0 Å². The van der Waals surface area contributed by atoms with Gasteiger partial charge in [-0.2, -0.15) is 0 Å². The van der Waals surface area contributed by atoms with Crippen LogP contribution < -0.4 is 0 Å². The molecule has 3 nitrogen and oxygen atoms in total. The normalized spacial score (nSPS) is 20.1. The molecule has 1 amide bonds. The van der Waals surface area contributed by atoms with Crippen molar-refractivity contribution >= 4 is 5.91 Å². The molecular formula is C18H25FN2O. The van der Waals surface area contributed by atoms with E-state index in [9.17, 15) is 9.18 Å². The molecule has 120 valence electrons. The average molecular weight is 304 g/mol. The average Bonchev–Trinajstić information content (AvgIpc) is 3.32. The highest BCUT2D eigenvalue weighted by Gasteiger charge is 2.33. The first-order chi connectivity index (χ1) is 10.6. The van der Waals surface area contributed by atoms with Crippen LogP contribution in [-0.4, -0.2) is 41.4 Å². The van der Waals surface area contributed by atoms with Gasteiger partial charge in [-0.15, -0.1) is 0 Å². The van der Waals surface area contributed by atoms with Crippen LogP contribution in [0.25, 0.3) is 0 Å². The van der Waals surface area contributed by atoms with Crippen molar-refractivity contribution in [2.45, 2.75) is 45.2 Å². The first-order valence-corrected chi connectivity index (χ1v) is 8.38. The summed E-state index contributed by atoms with van der Waals surface area (Å²) >= 11 is 0. The number of benzene rings is 1. The van der Waals surface area contributed by atoms with Crippen LogP contribution in [0.3, 0.4) is 0 Å². The number of carbonyl (C=O) groups excluding carboxylic acids is 1. The summed E-state index contributed by atoms with van der Waals surface area (Å²) in [5.41, 5.74) is 0.882. The van der Waals surface area contributed by atoms with Gasteiger partial charge in [0, 0.05) is 12.6 Å². The Morgan fingerprint density at radius 1 is 1.27 bits per heavy atom. The smallest absolute Gasteiger partial charge is 0.237 e. The first-order valence-electron chi connectivity index (χ1n) is 8.38. The van der Waals surface area contributed by atoms with E-state index in [1.54, 1.807) is 6.07 Å². The van der Waals surface area contributed by atoms with Crippen molar-refractivity contribution in [2.75, 3.05) is 19.6 Å². The number of likely N-dealkylation sites (tertiary alicyclic amines) is 1. The van der Waals surface area contributed by atoms with Gasteiger partial charge in [-0.1, -0.05) is 19.1 Å². The zero-order chi connectivity index (χ0) is 15.5. The Labute approximate surface area is 132 Å². The van der Waals surface area contributed by atoms with Crippen molar-refractivity contribution in [3.63, 3.8) is 0 Å². The molecule has 3 rings (SSSR count). The summed E-state index contributed by atoms with van der Waals surface area (Å²) in [5, 5.41) is 0. The van der Waals surface area contributed by atoms with Crippen molar-refractivity contribution in [2.24, 2.45) is 5.92 Å². The number of hydrogen-bond donors (Lipinski definition) is 0. The van der Waals surface area contributed by atoms with E-state index >= 15 is 0 Å². The molecule has 1 heterocycles. The van der Waals surface area contributed by atoms with Gasteiger partial charge in [-0.25, -0.2) is 4.39 Å². The van der Waals surface area contributed by atoms with E-state index in [1.165, 1.54) is 25.0 Å². The van der Waals surface area contributed by atoms with Crippen molar-refractivity contribution in [3.8, 4) is 0 Å². The Kier molecular flexibility index (Phi) is 4.77. The van der Waals surface area contributed by atoms with E-state index in [0.717, 1.165) is 37.4 Å². The minimum Gasteiger partial charge on any atom is -0.334 e. The lowest BCUT2D eigenvalue weighted by Gasteiger charge is -2.32. The second-order valence-electron chi connectivity index (χ2n) is 6.84. The molecule has 22 heavy (non-hydrogen) atoms. The first kappa shape index (κ1) is 15.5. The van der Waals surface area contributed by atoms with Gasteiger partial charge in [0.2, 0.25) is 5.91 Å².